The van der Waals surface area contributed by atoms with Crippen LogP contribution >= 0.6 is 0 Å². The summed E-state index contributed by atoms with van der Waals surface area (Å²) < 4.78 is 25.9. The second-order valence-corrected chi connectivity index (χ2v) is 3.89. The monoisotopic (exact) mass is 227 g/mol. The molecule has 1 atom stereocenters. The van der Waals surface area contributed by atoms with Gasteiger partial charge in [-0.1, -0.05) is 12.2 Å². The van der Waals surface area contributed by atoms with Crippen LogP contribution in [0, 0.1) is 0 Å². The molecule has 0 spiro atoms. The van der Waals surface area contributed by atoms with Gasteiger partial charge in [0, 0.05) is 18.4 Å². The molecule has 3 nitrogen and oxygen atoms in total. The van der Waals surface area contributed by atoms with Gasteiger partial charge in [0.05, 0.1) is 6.54 Å². The molecule has 1 aromatic heterocycles. The highest BCUT2D eigenvalue weighted by atomic mass is 19.3. The van der Waals surface area contributed by atoms with Gasteiger partial charge >= 0.3 is 6.55 Å². The number of rotatable bonds is 4. The van der Waals surface area contributed by atoms with E-state index in [0.29, 0.717) is 18.4 Å². The molecule has 0 bridgehead atoms. The summed E-state index contributed by atoms with van der Waals surface area (Å²) in [6.45, 7) is -2.11. The summed E-state index contributed by atoms with van der Waals surface area (Å²) in [7, 11) is 0. The van der Waals surface area contributed by atoms with Crippen molar-refractivity contribution in [3.05, 3.63) is 30.4 Å². The first-order valence-corrected chi connectivity index (χ1v) is 5.45. The quantitative estimate of drug-likeness (QED) is 0.801. The van der Waals surface area contributed by atoms with Crippen molar-refractivity contribution in [2.24, 2.45) is 0 Å². The van der Waals surface area contributed by atoms with Gasteiger partial charge in [-0.05, 0) is 19.3 Å². The third-order valence-electron chi connectivity index (χ3n) is 2.78. The SMILES string of the molecule is FC(F)n1ccnc1CNC1CC=CCC1. The van der Waals surface area contributed by atoms with Crippen LogP contribution in [-0.4, -0.2) is 15.6 Å². The highest BCUT2D eigenvalue weighted by Crippen LogP contribution is 2.14. The molecule has 0 aliphatic heterocycles. The van der Waals surface area contributed by atoms with Crippen LogP contribution in [0.3, 0.4) is 0 Å². The molecule has 1 aliphatic rings. The first-order valence-electron chi connectivity index (χ1n) is 5.45. The summed E-state index contributed by atoms with van der Waals surface area (Å²) in [6.07, 6.45) is 10.1. The molecule has 88 valence electrons. The van der Waals surface area contributed by atoms with E-state index >= 15 is 0 Å². The normalized spacial score (nSPS) is 20.6. The standard InChI is InChI=1S/C11H15F2N3/c12-11(13)16-7-6-14-10(16)8-15-9-4-2-1-3-5-9/h1-2,6-7,9,11,15H,3-5,8H2. The van der Waals surface area contributed by atoms with Crippen molar-refractivity contribution >= 4 is 0 Å². The molecule has 0 aromatic carbocycles. The molecule has 1 aromatic rings. The average Bonchev–Trinajstić information content (AvgIpc) is 2.76. The minimum absolute atomic E-state index is 0.382. The Labute approximate surface area is 93.2 Å². The maximum Gasteiger partial charge on any atom is 0.319 e. The predicted octanol–water partition coefficient (Wildman–Crippen LogP) is 2.48. The molecule has 2 rings (SSSR count). The van der Waals surface area contributed by atoms with E-state index in [9.17, 15) is 8.78 Å². The Balaban J connectivity index is 1.89. The largest absolute Gasteiger partial charge is 0.319 e. The van der Waals surface area contributed by atoms with Crippen LogP contribution in [0.1, 0.15) is 31.6 Å². The summed E-state index contributed by atoms with van der Waals surface area (Å²) in [6, 6.07) is 0.382. The Morgan fingerprint density at radius 3 is 3.06 bits per heavy atom. The minimum atomic E-state index is -2.51. The Morgan fingerprint density at radius 2 is 2.38 bits per heavy atom. The third kappa shape index (κ3) is 2.66. The fraction of sp³-hybridized carbons (Fsp3) is 0.545. The van der Waals surface area contributed by atoms with Gasteiger partial charge in [-0.25, -0.2) is 4.98 Å². The number of allylic oxidation sites excluding steroid dienone is 1. The van der Waals surface area contributed by atoms with Crippen molar-refractivity contribution in [2.45, 2.75) is 38.4 Å². The lowest BCUT2D eigenvalue weighted by Gasteiger charge is -2.19. The molecule has 0 amide bonds. The van der Waals surface area contributed by atoms with Gasteiger partial charge in [0.2, 0.25) is 0 Å². The van der Waals surface area contributed by atoms with Gasteiger partial charge < -0.3 is 5.32 Å². The van der Waals surface area contributed by atoms with Crippen LogP contribution in [0.25, 0.3) is 0 Å². The topological polar surface area (TPSA) is 29.9 Å². The molecule has 1 unspecified atom stereocenters. The van der Waals surface area contributed by atoms with E-state index < -0.39 is 6.55 Å². The van der Waals surface area contributed by atoms with Crippen molar-refractivity contribution in [2.75, 3.05) is 0 Å². The zero-order chi connectivity index (χ0) is 11.4. The van der Waals surface area contributed by atoms with E-state index in [-0.39, 0.29) is 0 Å². The molecule has 1 heterocycles. The van der Waals surface area contributed by atoms with Crippen molar-refractivity contribution in [3.63, 3.8) is 0 Å². The van der Waals surface area contributed by atoms with Gasteiger partial charge in [-0.3, -0.25) is 4.57 Å². The third-order valence-corrected chi connectivity index (χ3v) is 2.78. The maximum absolute atomic E-state index is 12.5. The first kappa shape index (κ1) is 11.3. The zero-order valence-electron chi connectivity index (χ0n) is 8.94. The zero-order valence-corrected chi connectivity index (χ0v) is 8.94. The molecule has 0 radical (unpaired) electrons. The average molecular weight is 227 g/mol. The van der Waals surface area contributed by atoms with Crippen LogP contribution in [-0.2, 0) is 6.54 Å². The van der Waals surface area contributed by atoms with Gasteiger partial charge in [-0.15, -0.1) is 0 Å². The van der Waals surface area contributed by atoms with Gasteiger partial charge in [0.25, 0.3) is 0 Å². The Hall–Kier alpha value is -1.23. The van der Waals surface area contributed by atoms with Crippen LogP contribution < -0.4 is 5.32 Å². The lowest BCUT2D eigenvalue weighted by Crippen LogP contribution is -2.30. The number of alkyl halides is 2. The van der Waals surface area contributed by atoms with E-state index in [0.717, 1.165) is 23.8 Å². The Morgan fingerprint density at radius 1 is 1.50 bits per heavy atom. The van der Waals surface area contributed by atoms with Crippen molar-refractivity contribution < 1.29 is 8.78 Å². The fourth-order valence-corrected chi connectivity index (χ4v) is 1.87. The summed E-state index contributed by atoms with van der Waals surface area (Å²) in [5, 5.41) is 3.25. The van der Waals surface area contributed by atoms with Crippen molar-refractivity contribution in [1.82, 2.24) is 14.9 Å². The summed E-state index contributed by atoms with van der Waals surface area (Å²) >= 11 is 0. The van der Waals surface area contributed by atoms with E-state index in [1.54, 1.807) is 0 Å². The predicted molar refractivity (Wildman–Crippen MR) is 57.1 cm³/mol. The summed E-state index contributed by atoms with van der Waals surface area (Å²) in [5.74, 6) is 0.393. The van der Waals surface area contributed by atoms with Gasteiger partial charge in [0.15, 0.2) is 0 Å². The molecule has 5 heteroatoms. The molecule has 0 saturated carbocycles. The molecule has 0 fully saturated rings. The lowest BCUT2D eigenvalue weighted by atomic mass is 10.0. The molecular weight excluding hydrogens is 212 g/mol. The maximum atomic E-state index is 12.5. The second-order valence-electron chi connectivity index (χ2n) is 3.89. The Kier molecular flexibility index (Phi) is 3.66. The molecule has 16 heavy (non-hydrogen) atoms. The lowest BCUT2D eigenvalue weighted by molar-refractivity contribution is 0.0664. The molecular formula is C11H15F2N3. The molecule has 0 saturated heterocycles. The fourth-order valence-electron chi connectivity index (χ4n) is 1.87. The van der Waals surface area contributed by atoms with Gasteiger partial charge in [0.1, 0.15) is 5.82 Å². The molecule has 1 aliphatic carbocycles. The van der Waals surface area contributed by atoms with E-state index in [1.807, 2.05) is 0 Å². The number of nitrogens with one attached hydrogen (secondary N) is 1. The number of imidazole rings is 1. The number of hydrogen-bond acceptors (Lipinski definition) is 2. The summed E-state index contributed by atoms with van der Waals surface area (Å²) in [4.78, 5) is 3.92. The van der Waals surface area contributed by atoms with Crippen LogP contribution in [0.2, 0.25) is 0 Å². The van der Waals surface area contributed by atoms with E-state index in [4.69, 9.17) is 0 Å². The number of aromatic nitrogens is 2. The smallest absolute Gasteiger partial charge is 0.307 e. The number of halogens is 2. The number of hydrogen-bond donors (Lipinski definition) is 1. The van der Waals surface area contributed by atoms with Gasteiger partial charge in [-0.2, -0.15) is 8.78 Å². The van der Waals surface area contributed by atoms with E-state index in [2.05, 4.69) is 22.5 Å². The number of nitrogens with zero attached hydrogens (tertiary/aromatic N) is 2. The highest BCUT2D eigenvalue weighted by molar-refractivity contribution is 4.96. The van der Waals surface area contributed by atoms with Crippen LogP contribution in [0.5, 0.6) is 0 Å². The summed E-state index contributed by atoms with van der Waals surface area (Å²) in [5.41, 5.74) is 0. The molecule has 1 N–H and O–H groups in total. The Bertz CT molecular complexity index is 360. The van der Waals surface area contributed by atoms with E-state index in [1.165, 1.54) is 12.4 Å². The van der Waals surface area contributed by atoms with Crippen LogP contribution in [0.15, 0.2) is 24.5 Å². The highest BCUT2D eigenvalue weighted by Gasteiger charge is 2.13. The first-order chi connectivity index (χ1) is 7.77. The second kappa shape index (κ2) is 5.21. The minimum Gasteiger partial charge on any atom is -0.307 e. The van der Waals surface area contributed by atoms with Crippen molar-refractivity contribution in [1.29, 1.82) is 0 Å². The van der Waals surface area contributed by atoms with Crippen LogP contribution in [0.4, 0.5) is 8.78 Å². The van der Waals surface area contributed by atoms with Crippen molar-refractivity contribution in [3.8, 4) is 0 Å².